The molecule has 0 fully saturated rings. The van der Waals surface area contributed by atoms with Crippen LogP contribution in [-0.2, 0) is 7.05 Å². The molecule has 0 amide bonds. The van der Waals surface area contributed by atoms with Gasteiger partial charge in [0, 0.05) is 37.3 Å². The fraction of sp³-hybridized carbons (Fsp3) is 0.348. The van der Waals surface area contributed by atoms with Gasteiger partial charge in [-0.15, -0.1) is 0 Å². The molecular weight excluding hydrogens is 404 g/mol. The van der Waals surface area contributed by atoms with E-state index in [1.807, 2.05) is 32.3 Å². The molecule has 1 atom stereocenters. The molecular formula is C23H28N8O. The van der Waals surface area contributed by atoms with Crippen molar-refractivity contribution in [1.82, 2.24) is 34.5 Å². The highest BCUT2D eigenvalue weighted by atomic mass is 16.5. The van der Waals surface area contributed by atoms with Gasteiger partial charge < -0.3 is 10.1 Å². The molecule has 9 heteroatoms. The lowest BCUT2D eigenvalue weighted by molar-refractivity contribution is 0.260. The molecule has 0 radical (unpaired) electrons. The second-order valence-electron chi connectivity index (χ2n) is 7.72. The largest absolute Gasteiger partial charge is 0.477 e. The molecule has 1 unspecified atom stereocenters. The molecule has 0 aromatic carbocycles. The van der Waals surface area contributed by atoms with Crippen molar-refractivity contribution in [2.24, 2.45) is 7.05 Å². The zero-order valence-corrected chi connectivity index (χ0v) is 18.0. The van der Waals surface area contributed by atoms with Crippen molar-refractivity contribution in [3.8, 4) is 17.3 Å². The normalized spacial score (nSPS) is 16.0. The molecule has 4 aromatic heterocycles. The molecule has 32 heavy (non-hydrogen) atoms. The van der Waals surface area contributed by atoms with Crippen molar-refractivity contribution in [1.29, 1.82) is 0 Å². The zero-order valence-electron chi connectivity index (χ0n) is 18.0. The van der Waals surface area contributed by atoms with Crippen LogP contribution in [0.25, 0.3) is 27.9 Å². The number of aromatic nitrogens is 7. The molecule has 5 heterocycles. The summed E-state index contributed by atoms with van der Waals surface area (Å²) in [6.07, 6.45) is 8.17. The number of hydrogen-bond donors (Lipinski definition) is 1. The minimum absolute atomic E-state index is 0. The molecule has 5 rings (SSSR count). The SMILES string of the molecule is C.C/C=C(\C)c1nn2c3cc(ncc13)Nc1ccnc(n1)-c1cnn(C)c1OCCC2C. The quantitative estimate of drug-likeness (QED) is 0.463. The molecule has 166 valence electrons. The maximum atomic E-state index is 6.13. The van der Waals surface area contributed by atoms with Gasteiger partial charge in [0.25, 0.3) is 0 Å². The van der Waals surface area contributed by atoms with E-state index in [9.17, 15) is 0 Å². The summed E-state index contributed by atoms with van der Waals surface area (Å²) in [5.41, 5.74) is 3.85. The third-order valence-electron chi connectivity index (χ3n) is 5.63. The maximum Gasteiger partial charge on any atom is 0.222 e. The van der Waals surface area contributed by atoms with E-state index in [2.05, 4.69) is 50.0 Å². The molecule has 1 N–H and O–H groups in total. The van der Waals surface area contributed by atoms with Crippen molar-refractivity contribution >= 4 is 28.1 Å². The summed E-state index contributed by atoms with van der Waals surface area (Å²) < 4.78 is 9.90. The first-order chi connectivity index (χ1) is 15.0. The number of allylic oxidation sites excluding steroid dienone is 2. The third kappa shape index (κ3) is 3.59. The van der Waals surface area contributed by atoms with Gasteiger partial charge in [-0.25, -0.2) is 19.6 Å². The van der Waals surface area contributed by atoms with E-state index in [1.165, 1.54) is 0 Å². The Labute approximate surface area is 187 Å². The number of aryl methyl sites for hydroxylation is 1. The van der Waals surface area contributed by atoms with Gasteiger partial charge in [0.2, 0.25) is 5.88 Å². The second-order valence-corrected chi connectivity index (χ2v) is 7.72. The first-order valence-electron chi connectivity index (χ1n) is 10.3. The van der Waals surface area contributed by atoms with Crippen molar-refractivity contribution in [3.63, 3.8) is 0 Å². The minimum Gasteiger partial charge on any atom is -0.477 e. The topological polar surface area (TPSA) is 95.6 Å². The summed E-state index contributed by atoms with van der Waals surface area (Å²) >= 11 is 0. The molecule has 0 saturated heterocycles. The Balaban J connectivity index is 0.00000245. The number of fused-ring (bicyclic) bond motifs is 5. The number of rotatable bonds is 1. The van der Waals surface area contributed by atoms with Crippen molar-refractivity contribution in [2.45, 2.75) is 40.7 Å². The van der Waals surface area contributed by atoms with E-state index in [1.54, 1.807) is 17.1 Å². The fourth-order valence-electron chi connectivity index (χ4n) is 3.75. The fourth-order valence-corrected chi connectivity index (χ4v) is 3.75. The van der Waals surface area contributed by atoms with Crippen LogP contribution in [0.1, 0.15) is 46.4 Å². The number of hydrogen-bond acceptors (Lipinski definition) is 7. The average molecular weight is 433 g/mol. The number of anilines is 2. The van der Waals surface area contributed by atoms with Crippen LogP contribution in [0.15, 0.2) is 36.8 Å². The second kappa shape index (κ2) is 8.41. The minimum atomic E-state index is 0. The third-order valence-corrected chi connectivity index (χ3v) is 5.63. The highest BCUT2D eigenvalue weighted by Crippen LogP contribution is 2.32. The van der Waals surface area contributed by atoms with Crippen LogP contribution in [0.3, 0.4) is 0 Å². The van der Waals surface area contributed by atoms with Crippen LogP contribution >= 0.6 is 0 Å². The molecule has 4 aromatic rings. The molecule has 0 saturated carbocycles. The summed E-state index contributed by atoms with van der Waals surface area (Å²) in [6, 6.07) is 3.97. The van der Waals surface area contributed by atoms with Crippen LogP contribution in [0, 0.1) is 0 Å². The lowest BCUT2D eigenvalue weighted by Crippen LogP contribution is -2.13. The van der Waals surface area contributed by atoms with E-state index >= 15 is 0 Å². The van der Waals surface area contributed by atoms with E-state index in [0.717, 1.165) is 34.2 Å². The molecule has 1 aliphatic rings. The lowest BCUT2D eigenvalue weighted by Gasteiger charge is -2.16. The van der Waals surface area contributed by atoms with Gasteiger partial charge in [0.1, 0.15) is 17.2 Å². The first-order valence-corrected chi connectivity index (χ1v) is 10.3. The molecule has 9 nitrogen and oxygen atoms in total. The predicted octanol–water partition coefficient (Wildman–Crippen LogP) is 4.77. The maximum absolute atomic E-state index is 6.13. The first kappa shape index (κ1) is 21.5. The summed E-state index contributed by atoms with van der Waals surface area (Å²) in [5, 5.41) is 13.6. The van der Waals surface area contributed by atoms with Crippen LogP contribution in [-0.4, -0.2) is 41.1 Å². The van der Waals surface area contributed by atoms with Crippen LogP contribution < -0.4 is 10.1 Å². The number of nitrogens with one attached hydrogen (secondary N) is 1. The Bertz CT molecular complexity index is 1300. The highest BCUT2D eigenvalue weighted by molar-refractivity contribution is 5.91. The Kier molecular flexibility index (Phi) is 5.65. The Morgan fingerprint density at radius 1 is 1.25 bits per heavy atom. The standard InChI is InChI=1S/C22H24N8O.CH4/c1-5-13(2)20-15-11-24-19-10-17(15)30(28-20)14(3)7-9-31-22-16(12-25-29(22)4)21-23-8-6-18(26-19)27-21;/h5-6,8,10-12,14H,7,9H2,1-4H3,(H,23,24,26,27);1H4/b13-5+;. The van der Waals surface area contributed by atoms with Gasteiger partial charge in [0.15, 0.2) is 5.82 Å². The van der Waals surface area contributed by atoms with E-state index in [0.29, 0.717) is 29.9 Å². The van der Waals surface area contributed by atoms with E-state index in [-0.39, 0.29) is 13.5 Å². The van der Waals surface area contributed by atoms with Crippen molar-refractivity contribution < 1.29 is 4.74 Å². The van der Waals surface area contributed by atoms with Crippen LogP contribution in [0.5, 0.6) is 5.88 Å². The molecule has 0 spiro atoms. The van der Waals surface area contributed by atoms with Crippen molar-refractivity contribution in [2.75, 3.05) is 11.9 Å². The van der Waals surface area contributed by atoms with Gasteiger partial charge in [-0.3, -0.25) is 4.68 Å². The number of nitrogens with zero attached hydrogens (tertiary/aromatic N) is 7. The van der Waals surface area contributed by atoms with Crippen LogP contribution in [0.4, 0.5) is 11.6 Å². The van der Waals surface area contributed by atoms with Gasteiger partial charge in [0.05, 0.1) is 30.1 Å². The Morgan fingerprint density at radius 3 is 2.91 bits per heavy atom. The van der Waals surface area contributed by atoms with Crippen LogP contribution in [0.2, 0.25) is 0 Å². The molecule has 0 aliphatic carbocycles. The van der Waals surface area contributed by atoms with Crippen molar-refractivity contribution in [3.05, 3.63) is 42.5 Å². The predicted molar refractivity (Wildman–Crippen MR) is 126 cm³/mol. The van der Waals surface area contributed by atoms with Gasteiger partial charge in [-0.2, -0.15) is 10.2 Å². The Hall–Kier alpha value is -3.75. The number of pyridine rings is 1. The van der Waals surface area contributed by atoms with E-state index < -0.39 is 0 Å². The molecule has 1 aliphatic heterocycles. The average Bonchev–Trinajstić information content (AvgIpc) is 3.33. The molecule has 4 bridgehead atoms. The monoisotopic (exact) mass is 432 g/mol. The summed E-state index contributed by atoms with van der Waals surface area (Å²) in [4.78, 5) is 13.7. The summed E-state index contributed by atoms with van der Waals surface area (Å²) in [7, 11) is 1.85. The number of ether oxygens (including phenoxy) is 1. The van der Waals surface area contributed by atoms with Gasteiger partial charge in [-0.05, 0) is 32.4 Å². The smallest absolute Gasteiger partial charge is 0.222 e. The van der Waals surface area contributed by atoms with Gasteiger partial charge >= 0.3 is 0 Å². The summed E-state index contributed by atoms with van der Waals surface area (Å²) in [5.74, 6) is 2.55. The lowest BCUT2D eigenvalue weighted by atomic mass is 10.1. The summed E-state index contributed by atoms with van der Waals surface area (Å²) in [6.45, 7) is 6.76. The Morgan fingerprint density at radius 2 is 2.09 bits per heavy atom. The van der Waals surface area contributed by atoms with E-state index in [4.69, 9.17) is 9.84 Å². The zero-order chi connectivity index (χ0) is 21.5. The highest BCUT2D eigenvalue weighted by Gasteiger charge is 2.20. The van der Waals surface area contributed by atoms with Gasteiger partial charge in [-0.1, -0.05) is 13.5 Å².